The first-order chi connectivity index (χ1) is 11.4. The number of ether oxygens (including phenoxy) is 2. The van der Waals surface area contributed by atoms with Gasteiger partial charge in [-0.15, -0.1) is 11.3 Å². The molecule has 1 saturated heterocycles. The molecule has 1 aromatic carbocycles. The van der Waals surface area contributed by atoms with Crippen molar-refractivity contribution in [3.05, 3.63) is 28.9 Å². The molecule has 0 radical (unpaired) electrons. The molecule has 2 aromatic rings. The number of carbonyl (C=O) groups is 1. The van der Waals surface area contributed by atoms with E-state index in [4.69, 9.17) is 9.47 Å². The number of nitrogens with one attached hydrogen (secondary N) is 1. The van der Waals surface area contributed by atoms with Crippen molar-refractivity contribution in [1.82, 2.24) is 4.98 Å². The van der Waals surface area contributed by atoms with Crippen molar-refractivity contribution in [1.29, 1.82) is 0 Å². The van der Waals surface area contributed by atoms with Gasteiger partial charge in [-0.25, -0.2) is 9.37 Å². The molecule has 1 aliphatic heterocycles. The lowest BCUT2D eigenvalue weighted by molar-refractivity contribution is -0.133. The summed E-state index contributed by atoms with van der Waals surface area (Å²) in [4.78, 5) is 17.7. The monoisotopic (exact) mass is 350 g/mol. The number of aryl methyl sites for hydroxylation is 1. The minimum Gasteiger partial charge on any atom is -0.494 e. The lowest BCUT2D eigenvalue weighted by Gasteiger charge is -2.20. The van der Waals surface area contributed by atoms with E-state index in [0.717, 1.165) is 11.3 Å². The fourth-order valence-corrected chi connectivity index (χ4v) is 3.55. The van der Waals surface area contributed by atoms with E-state index in [0.29, 0.717) is 29.4 Å². The zero-order valence-electron chi connectivity index (χ0n) is 13.8. The normalized spacial score (nSPS) is 20.2. The molecule has 3 rings (SSSR count). The van der Waals surface area contributed by atoms with Crippen LogP contribution in [0.25, 0.3) is 11.3 Å². The molecule has 24 heavy (non-hydrogen) atoms. The highest BCUT2D eigenvalue weighted by molar-refractivity contribution is 7.16. The number of aromatic nitrogens is 1. The minimum atomic E-state index is -0.800. The van der Waals surface area contributed by atoms with Gasteiger partial charge in [0.15, 0.2) is 16.7 Å². The molecule has 0 unspecified atom stereocenters. The molecular formula is C17H19FN2O3S. The Hall–Kier alpha value is -1.99. The summed E-state index contributed by atoms with van der Waals surface area (Å²) in [5.74, 6) is -0.451. The molecule has 1 aliphatic rings. The zero-order chi connectivity index (χ0) is 17.3. The number of thiazole rings is 1. The highest BCUT2D eigenvalue weighted by atomic mass is 32.1. The Balaban J connectivity index is 1.82. The van der Waals surface area contributed by atoms with Crippen LogP contribution in [0.4, 0.5) is 9.52 Å². The van der Waals surface area contributed by atoms with Crippen molar-refractivity contribution in [2.45, 2.75) is 32.3 Å². The topological polar surface area (TPSA) is 60.5 Å². The molecule has 0 saturated carbocycles. The second-order valence-electron chi connectivity index (χ2n) is 5.91. The van der Waals surface area contributed by atoms with E-state index >= 15 is 0 Å². The summed E-state index contributed by atoms with van der Waals surface area (Å²) in [7, 11) is 1.42. The number of halogens is 1. The van der Waals surface area contributed by atoms with Gasteiger partial charge < -0.3 is 9.47 Å². The zero-order valence-corrected chi connectivity index (χ0v) is 14.6. The smallest absolute Gasteiger partial charge is 0.258 e. The molecule has 128 valence electrons. The van der Waals surface area contributed by atoms with Gasteiger partial charge in [-0.1, -0.05) is 0 Å². The van der Waals surface area contributed by atoms with Gasteiger partial charge in [0.2, 0.25) is 0 Å². The van der Waals surface area contributed by atoms with Gasteiger partial charge in [0.25, 0.3) is 5.91 Å². The van der Waals surface area contributed by atoms with Gasteiger partial charge >= 0.3 is 0 Å². The summed E-state index contributed by atoms with van der Waals surface area (Å²) in [5.41, 5.74) is 0.492. The highest BCUT2D eigenvalue weighted by Crippen LogP contribution is 2.33. The largest absolute Gasteiger partial charge is 0.494 e. The molecule has 1 fully saturated rings. The van der Waals surface area contributed by atoms with E-state index in [9.17, 15) is 9.18 Å². The summed E-state index contributed by atoms with van der Waals surface area (Å²) in [5, 5.41) is 3.30. The number of rotatable bonds is 4. The average molecular weight is 350 g/mol. The molecule has 5 nitrogen and oxygen atoms in total. The van der Waals surface area contributed by atoms with Crippen molar-refractivity contribution in [3.63, 3.8) is 0 Å². The van der Waals surface area contributed by atoms with Crippen LogP contribution in [0.3, 0.4) is 0 Å². The number of amides is 1. The summed E-state index contributed by atoms with van der Waals surface area (Å²) in [6, 6.07) is 4.69. The second kappa shape index (κ2) is 6.49. The molecule has 1 aromatic heterocycles. The highest BCUT2D eigenvalue weighted by Gasteiger charge is 2.38. The van der Waals surface area contributed by atoms with Crippen molar-refractivity contribution in [2.24, 2.45) is 0 Å². The SMILES string of the molecule is COc1ccc(-c2nc(NC(=O)[C@@]3(C)CCCO3)sc2C)cc1F. The minimum absolute atomic E-state index is 0.187. The lowest BCUT2D eigenvalue weighted by atomic mass is 10.0. The Labute approximate surface area is 143 Å². The number of benzene rings is 1. The van der Waals surface area contributed by atoms with E-state index in [1.807, 2.05) is 6.92 Å². The van der Waals surface area contributed by atoms with Gasteiger partial charge in [0.05, 0.1) is 12.8 Å². The van der Waals surface area contributed by atoms with Crippen LogP contribution in [-0.4, -0.2) is 30.2 Å². The molecule has 1 atom stereocenters. The van der Waals surface area contributed by atoms with Crippen molar-refractivity contribution < 1.29 is 18.7 Å². The Bertz CT molecular complexity index is 769. The van der Waals surface area contributed by atoms with Crippen LogP contribution in [0.2, 0.25) is 0 Å². The molecule has 0 aliphatic carbocycles. The predicted octanol–water partition coefficient (Wildman–Crippen LogP) is 3.77. The van der Waals surface area contributed by atoms with Gasteiger partial charge in [-0.05, 0) is 44.9 Å². The Morgan fingerprint density at radius 3 is 2.92 bits per heavy atom. The lowest BCUT2D eigenvalue weighted by Crippen LogP contribution is -2.39. The number of hydrogen-bond donors (Lipinski definition) is 1. The second-order valence-corrected chi connectivity index (χ2v) is 7.11. The van der Waals surface area contributed by atoms with E-state index in [1.165, 1.54) is 24.5 Å². The molecule has 0 bridgehead atoms. The predicted molar refractivity (Wildman–Crippen MR) is 91.0 cm³/mol. The average Bonchev–Trinajstić information content (AvgIpc) is 3.14. The summed E-state index contributed by atoms with van der Waals surface area (Å²) >= 11 is 1.36. The maximum Gasteiger partial charge on any atom is 0.258 e. The number of methoxy groups -OCH3 is 1. The van der Waals surface area contributed by atoms with Crippen LogP contribution in [-0.2, 0) is 9.53 Å². The Morgan fingerprint density at radius 1 is 1.50 bits per heavy atom. The van der Waals surface area contributed by atoms with E-state index in [1.54, 1.807) is 19.1 Å². The van der Waals surface area contributed by atoms with E-state index in [2.05, 4.69) is 10.3 Å². The van der Waals surface area contributed by atoms with Crippen molar-refractivity contribution in [2.75, 3.05) is 19.0 Å². The fourth-order valence-electron chi connectivity index (χ4n) is 2.72. The van der Waals surface area contributed by atoms with Crippen LogP contribution in [0.15, 0.2) is 18.2 Å². The van der Waals surface area contributed by atoms with E-state index in [-0.39, 0.29) is 11.7 Å². The maximum atomic E-state index is 13.9. The molecule has 7 heteroatoms. The van der Waals surface area contributed by atoms with Crippen LogP contribution in [0.1, 0.15) is 24.6 Å². The summed E-state index contributed by atoms with van der Waals surface area (Å²) < 4.78 is 24.4. The molecular weight excluding hydrogens is 331 g/mol. The Kier molecular flexibility index (Phi) is 4.56. The molecule has 1 amide bonds. The third-order valence-corrected chi connectivity index (χ3v) is 5.03. The third kappa shape index (κ3) is 3.14. The van der Waals surface area contributed by atoms with Crippen LogP contribution in [0, 0.1) is 12.7 Å². The number of nitrogens with zero attached hydrogens (tertiary/aromatic N) is 1. The first-order valence-corrected chi connectivity index (χ1v) is 8.51. The first kappa shape index (κ1) is 16.9. The standard InChI is InChI=1S/C17H19FN2O3S/c1-10-14(11-5-6-13(22-3)12(18)9-11)19-16(24-10)20-15(21)17(2)7-4-8-23-17/h5-6,9H,4,7-8H2,1-3H3,(H,19,20,21)/t17-/m1/s1. The van der Waals surface area contributed by atoms with Crippen molar-refractivity contribution in [3.8, 4) is 17.0 Å². The maximum absolute atomic E-state index is 13.9. The molecule has 1 N–H and O–H groups in total. The first-order valence-electron chi connectivity index (χ1n) is 7.70. The van der Waals surface area contributed by atoms with Gasteiger partial charge in [-0.3, -0.25) is 10.1 Å². The summed E-state index contributed by atoms with van der Waals surface area (Å²) in [6.45, 7) is 4.27. The van der Waals surface area contributed by atoms with Crippen LogP contribution in [0.5, 0.6) is 5.75 Å². The Morgan fingerprint density at radius 2 is 2.29 bits per heavy atom. The van der Waals surface area contributed by atoms with Gasteiger partial charge in [-0.2, -0.15) is 0 Å². The van der Waals surface area contributed by atoms with Gasteiger partial charge in [0.1, 0.15) is 5.60 Å². The van der Waals surface area contributed by atoms with E-state index < -0.39 is 11.4 Å². The number of hydrogen-bond acceptors (Lipinski definition) is 5. The van der Waals surface area contributed by atoms with Crippen LogP contribution < -0.4 is 10.1 Å². The molecule has 0 spiro atoms. The van der Waals surface area contributed by atoms with Crippen molar-refractivity contribution >= 4 is 22.4 Å². The number of carbonyl (C=O) groups excluding carboxylic acids is 1. The quantitative estimate of drug-likeness (QED) is 0.912. The van der Waals surface area contributed by atoms with Crippen LogP contribution >= 0.6 is 11.3 Å². The van der Waals surface area contributed by atoms with Gasteiger partial charge in [0, 0.05) is 17.0 Å². The summed E-state index contributed by atoms with van der Waals surface area (Å²) in [6.07, 6.45) is 1.57. The number of anilines is 1. The fraction of sp³-hybridized carbons (Fsp3) is 0.412. The third-order valence-electron chi connectivity index (χ3n) is 4.14. The molecule has 2 heterocycles.